The van der Waals surface area contributed by atoms with Gasteiger partial charge in [0.05, 0.1) is 11.3 Å². The minimum absolute atomic E-state index is 0.143. The van der Waals surface area contributed by atoms with E-state index in [1.54, 1.807) is 10.9 Å². The molecule has 1 saturated carbocycles. The van der Waals surface area contributed by atoms with Gasteiger partial charge in [0.25, 0.3) is 5.91 Å². The zero-order chi connectivity index (χ0) is 14.8. The third-order valence-electron chi connectivity index (χ3n) is 3.73. The van der Waals surface area contributed by atoms with Crippen molar-refractivity contribution >= 4 is 5.91 Å². The Kier molecular flexibility index (Phi) is 3.59. The molecule has 0 bridgehead atoms. The zero-order valence-electron chi connectivity index (χ0n) is 11.8. The van der Waals surface area contributed by atoms with Gasteiger partial charge in [0.15, 0.2) is 5.82 Å². The number of H-pyrrole nitrogens is 1. The summed E-state index contributed by atoms with van der Waals surface area (Å²) in [6.07, 6.45) is 5.55. The molecule has 2 heterocycles. The molecule has 3 rings (SSSR count). The van der Waals surface area contributed by atoms with Crippen molar-refractivity contribution in [2.45, 2.75) is 31.6 Å². The summed E-state index contributed by atoms with van der Waals surface area (Å²) < 4.78 is 6.07. The summed E-state index contributed by atoms with van der Waals surface area (Å²) in [5.74, 6) is 0.0937. The van der Waals surface area contributed by atoms with Crippen molar-refractivity contribution in [2.24, 2.45) is 7.05 Å². The van der Waals surface area contributed by atoms with E-state index in [-0.39, 0.29) is 5.91 Å². The second-order valence-corrected chi connectivity index (χ2v) is 5.28. The molecule has 21 heavy (non-hydrogen) atoms. The SMILES string of the molecule is Cn1cc(C(=O)NCCc2noc(=O)[nH]2)c(C2CCC2)n1. The first-order valence-corrected chi connectivity index (χ1v) is 7.00. The van der Waals surface area contributed by atoms with E-state index < -0.39 is 5.76 Å². The summed E-state index contributed by atoms with van der Waals surface area (Å²) in [4.78, 5) is 25.5. The van der Waals surface area contributed by atoms with Crippen LogP contribution >= 0.6 is 0 Å². The maximum Gasteiger partial charge on any atom is 0.438 e. The Morgan fingerprint density at radius 3 is 3.00 bits per heavy atom. The van der Waals surface area contributed by atoms with Gasteiger partial charge >= 0.3 is 5.76 Å². The minimum atomic E-state index is -0.587. The van der Waals surface area contributed by atoms with Crippen molar-refractivity contribution in [2.75, 3.05) is 6.54 Å². The van der Waals surface area contributed by atoms with Crippen LogP contribution in [0, 0.1) is 0 Å². The van der Waals surface area contributed by atoms with E-state index in [0.717, 1.165) is 18.5 Å². The molecule has 1 amide bonds. The molecule has 0 radical (unpaired) electrons. The number of nitrogens with zero attached hydrogens (tertiary/aromatic N) is 3. The predicted octanol–water partition coefficient (Wildman–Crippen LogP) is 0.336. The molecular formula is C13H17N5O3. The fourth-order valence-electron chi connectivity index (χ4n) is 2.42. The summed E-state index contributed by atoms with van der Waals surface area (Å²) in [5, 5.41) is 10.8. The van der Waals surface area contributed by atoms with Crippen molar-refractivity contribution in [1.82, 2.24) is 25.2 Å². The summed E-state index contributed by atoms with van der Waals surface area (Å²) in [6.45, 7) is 0.375. The summed E-state index contributed by atoms with van der Waals surface area (Å²) in [6, 6.07) is 0. The molecule has 0 unspecified atom stereocenters. The molecule has 2 N–H and O–H groups in total. The molecule has 1 aliphatic rings. The van der Waals surface area contributed by atoms with Gasteiger partial charge < -0.3 is 5.32 Å². The number of carbonyl (C=O) groups excluding carboxylic acids is 1. The molecule has 1 fully saturated rings. The Morgan fingerprint density at radius 2 is 2.38 bits per heavy atom. The lowest BCUT2D eigenvalue weighted by atomic mass is 9.81. The number of carbonyl (C=O) groups is 1. The van der Waals surface area contributed by atoms with Gasteiger partial charge in [-0.05, 0) is 12.8 Å². The standard InChI is InChI=1S/C13H17N5O3/c1-18-7-9(11(16-18)8-3-2-4-8)12(19)14-6-5-10-15-13(20)21-17-10/h7-8H,2-6H2,1H3,(H,14,19)(H,15,17,20). The van der Waals surface area contributed by atoms with E-state index in [9.17, 15) is 9.59 Å². The van der Waals surface area contributed by atoms with Crippen LogP contribution in [0.3, 0.4) is 0 Å². The molecule has 0 aromatic carbocycles. The number of aryl methyl sites for hydroxylation is 1. The Labute approximate surface area is 120 Å². The van der Waals surface area contributed by atoms with Gasteiger partial charge in [0.2, 0.25) is 0 Å². The molecule has 0 atom stereocenters. The molecule has 1 aliphatic carbocycles. The van der Waals surface area contributed by atoms with Gasteiger partial charge in [-0.1, -0.05) is 11.6 Å². The number of hydrogen-bond acceptors (Lipinski definition) is 5. The number of amides is 1. The lowest BCUT2D eigenvalue weighted by Crippen LogP contribution is -2.27. The maximum atomic E-state index is 12.2. The average Bonchev–Trinajstić information content (AvgIpc) is 2.94. The second kappa shape index (κ2) is 5.55. The Hall–Kier alpha value is -2.38. The normalized spacial score (nSPS) is 14.9. The molecular weight excluding hydrogens is 274 g/mol. The van der Waals surface area contributed by atoms with Gasteiger partial charge in [0.1, 0.15) is 0 Å². The molecule has 8 heteroatoms. The number of nitrogens with one attached hydrogen (secondary N) is 2. The lowest BCUT2D eigenvalue weighted by molar-refractivity contribution is 0.0951. The fourth-order valence-corrected chi connectivity index (χ4v) is 2.42. The van der Waals surface area contributed by atoms with E-state index >= 15 is 0 Å². The summed E-state index contributed by atoms with van der Waals surface area (Å²) >= 11 is 0. The highest BCUT2D eigenvalue weighted by Gasteiger charge is 2.27. The van der Waals surface area contributed by atoms with Crippen LogP contribution in [-0.2, 0) is 13.5 Å². The largest absolute Gasteiger partial charge is 0.438 e. The van der Waals surface area contributed by atoms with E-state index in [4.69, 9.17) is 0 Å². The zero-order valence-corrected chi connectivity index (χ0v) is 11.8. The van der Waals surface area contributed by atoms with Crippen molar-refractivity contribution in [3.63, 3.8) is 0 Å². The number of aromatic amines is 1. The van der Waals surface area contributed by atoms with Gasteiger partial charge in [-0.3, -0.25) is 19.0 Å². The van der Waals surface area contributed by atoms with Crippen LogP contribution in [0.1, 0.15) is 47.1 Å². The van der Waals surface area contributed by atoms with E-state index in [1.165, 1.54) is 6.42 Å². The topological polar surface area (TPSA) is 106 Å². The van der Waals surface area contributed by atoms with Crippen LogP contribution in [0.5, 0.6) is 0 Å². The quantitative estimate of drug-likeness (QED) is 0.826. The van der Waals surface area contributed by atoms with Crippen molar-refractivity contribution < 1.29 is 9.32 Å². The molecule has 112 valence electrons. The van der Waals surface area contributed by atoms with Crippen molar-refractivity contribution in [3.8, 4) is 0 Å². The third-order valence-corrected chi connectivity index (χ3v) is 3.73. The first-order chi connectivity index (χ1) is 10.1. The first kappa shape index (κ1) is 13.6. The average molecular weight is 291 g/mol. The Bertz CT molecular complexity index is 695. The van der Waals surface area contributed by atoms with E-state index in [2.05, 4.69) is 25.1 Å². The molecule has 2 aromatic heterocycles. The van der Waals surface area contributed by atoms with Gasteiger partial charge in [0, 0.05) is 32.1 Å². The van der Waals surface area contributed by atoms with Crippen LogP contribution in [0.4, 0.5) is 0 Å². The van der Waals surface area contributed by atoms with Gasteiger partial charge in [-0.15, -0.1) is 0 Å². The van der Waals surface area contributed by atoms with Crippen LogP contribution in [0.25, 0.3) is 0 Å². The van der Waals surface area contributed by atoms with Crippen LogP contribution < -0.4 is 11.1 Å². The minimum Gasteiger partial charge on any atom is -0.351 e. The van der Waals surface area contributed by atoms with Gasteiger partial charge in [-0.25, -0.2) is 4.79 Å². The first-order valence-electron chi connectivity index (χ1n) is 7.00. The Morgan fingerprint density at radius 1 is 1.57 bits per heavy atom. The van der Waals surface area contributed by atoms with E-state index in [1.807, 2.05) is 7.05 Å². The number of hydrogen-bond donors (Lipinski definition) is 2. The highest BCUT2D eigenvalue weighted by atomic mass is 16.5. The summed E-state index contributed by atoms with van der Waals surface area (Å²) in [7, 11) is 1.82. The van der Waals surface area contributed by atoms with Crippen molar-refractivity contribution in [3.05, 3.63) is 33.8 Å². The van der Waals surface area contributed by atoms with Crippen LogP contribution in [0.2, 0.25) is 0 Å². The molecule has 0 saturated heterocycles. The summed E-state index contributed by atoms with van der Waals surface area (Å²) in [5.41, 5.74) is 1.52. The highest BCUT2D eigenvalue weighted by Crippen LogP contribution is 2.36. The maximum absolute atomic E-state index is 12.2. The van der Waals surface area contributed by atoms with Crippen LogP contribution in [0.15, 0.2) is 15.5 Å². The van der Waals surface area contributed by atoms with E-state index in [0.29, 0.717) is 30.3 Å². The lowest BCUT2D eigenvalue weighted by Gasteiger charge is -2.24. The second-order valence-electron chi connectivity index (χ2n) is 5.28. The molecule has 0 spiro atoms. The predicted molar refractivity (Wildman–Crippen MR) is 73.0 cm³/mol. The van der Waals surface area contributed by atoms with Crippen LogP contribution in [-0.4, -0.2) is 32.4 Å². The van der Waals surface area contributed by atoms with Crippen molar-refractivity contribution in [1.29, 1.82) is 0 Å². The highest BCUT2D eigenvalue weighted by molar-refractivity contribution is 5.95. The van der Waals surface area contributed by atoms with Gasteiger partial charge in [-0.2, -0.15) is 5.10 Å². The smallest absolute Gasteiger partial charge is 0.351 e. The molecule has 2 aromatic rings. The number of rotatable bonds is 5. The fraction of sp³-hybridized carbons (Fsp3) is 0.538. The molecule has 8 nitrogen and oxygen atoms in total. The monoisotopic (exact) mass is 291 g/mol. The Balaban J connectivity index is 1.61. The molecule has 0 aliphatic heterocycles. The number of aromatic nitrogens is 4. The third kappa shape index (κ3) is 2.88.